The Balaban J connectivity index is 2.28. The van der Waals surface area contributed by atoms with Gasteiger partial charge in [0.25, 0.3) is 0 Å². The van der Waals surface area contributed by atoms with E-state index in [2.05, 4.69) is 37.6 Å². The Kier molecular flexibility index (Phi) is 5.73. The molecule has 96 valence electrons. The van der Waals surface area contributed by atoms with Gasteiger partial charge in [-0.3, -0.25) is 0 Å². The molecule has 0 amide bonds. The summed E-state index contributed by atoms with van der Waals surface area (Å²) in [4.78, 5) is 5.06. The molecule has 1 heterocycles. The topological polar surface area (TPSA) is 32.5 Å². The Morgan fingerprint density at radius 2 is 2.00 bits per heavy atom. The monoisotopic (exact) mass is 227 g/mol. The first-order valence-corrected chi connectivity index (χ1v) is 6.72. The first kappa shape index (κ1) is 13.9. The molecule has 2 unspecified atom stereocenters. The third kappa shape index (κ3) is 4.04. The van der Waals surface area contributed by atoms with Gasteiger partial charge < -0.3 is 15.5 Å². The Morgan fingerprint density at radius 3 is 2.56 bits per heavy atom. The maximum absolute atomic E-state index is 6.09. The molecule has 3 nitrogen and oxygen atoms in total. The summed E-state index contributed by atoms with van der Waals surface area (Å²) in [7, 11) is 2.24. The van der Waals surface area contributed by atoms with Crippen LogP contribution in [-0.2, 0) is 0 Å². The lowest BCUT2D eigenvalue weighted by molar-refractivity contribution is 0.0900. The number of nitrogens with two attached hydrogens (primary N) is 1. The van der Waals surface area contributed by atoms with Gasteiger partial charge in [0.2, 0.25) is 0 Å². The number of hydrogen-bond donors (Lipinski definition) is 1. The smallest absolute Gasteiger partial charge is 0.0218 e. The minimum absolute atomic E-state index is 0.361. The third-order valence-corrected chi connectivity index (χ3v) is 3.97. The van der Waals surface area contributed by atoms with Crippen LogP contribution in [0.5, 0.6) is 0 Å². The predicted octanol–water partition coefficient (Wildman–Crippen LogP) is 1.39. The number of likely N-dealkylation sites (N-methyl/N-ethyl adjacent to an activating group) is 1. The van der Waals surface area contributed by atoms with E-state index >= 15 is 0 Å². The average molecular weight is 227 g/mol. The molecule has 1 aliphatic heterocycles. The minimum Gasteiger partial charge on any atom is -0.327 e. The Morgan fingerprint density at radius 1 is 1.31 bits per heavy atom. The molecular weight excluding hydrogens is 198 g/mol. The van der Waals surface area contributed by atoms with Crippen molar-refractivity contribution in [2.45, 2.75) is 45.7 Å². The molecule has 0 bridgehead atoms. The summed E-state index contributed by atoms with van der Waals surface area (Å²) in [6, 6.07) is 1.10. The van der Waals surface area contributed by atoms with Crippen LogP contribution in [0.25, 0.3) is 0 Å². The average Bonchev–Trinajstić information content (AvgIpc) is 2.27. The molecule has 0 aromatic rings. The van der Waals surface area contributed by atoms with Crippen LogP contribution in [0.4, 0.5) is 0 Å². The first-order chi connectivity index (χ1) is 7.54. The highest BCUT2D eigenvalue weighted by molar-refractivity contribution is 4.80. The van der Waals surface area contributed by atoms with Crippen molar-refractivity contribution in [2.75, 3.05) is 33.2 Å². The standard InChI is InChI=1S/C13H29N3/c1-5-12-10-16(9-8-15(12)4)7-6-13(14)11(2)3/h11-13H,5-10,14H2,1-4H3. The van der Waals surface area contributed by atoms with Gasteiger partial charge in [-0.1, -0.05) is 20.8 Å². The predicted molar refractivity (Wildman–Crippen MR) is 70.6 cm³/mol. The molecule has 0 spiro atoms. The second-order valence-electron chi connectivity index (χ2n) is 5.54. The van der Waals surface area contributed by atoms with E-state index < -0.39 is 0 Å². The fourth-order valence-corrected chi connectivity index (χ4v) is 2.32. The SMILES string of the molecule is CCC1CN(CCC(N)C(C)C)CCN1C. The van der Waals surface area contributed by atoms with E-state index in [1.807, 2.05) is 0 Å². The quantitative estimate of drug-likeness (QED) is 0.770. The van der Waals surface area contributed by atoms with Gasteiger partial charge >= 0.3 is 0 Å². The van der Waals surface area contributed by atoms with Crippen LogP contribution in [0.3, 0.4) is 0 Å². The zero-order valence-corrected chi connectivity index (χ0v) is 11.4. The van der Waals surface area contributed by atoms with E-state index in [4.69, 9.17) is 5.73 Å². The Labute approximate surface area is 101 Å². The van der Waals surface area contributed by atoms with Crippen LogP contribution in [0, 0.1) is 5.92 Å². The first-order valence-electron chi connectivity index (χ1n) is 6.72. The van der Waals surface area contributed by atoms with Gasteiger partial charge in [0.05, 0.1) is 0 Å². The summed E-state index contributed by atoms with van der Waals surface area (Å²) in [5, 5.41) is 0. The number of rotatable bonds is 5. The molecule has 2 N–H and O–H groups in total. The van der Waals surface area contributed by atoms with Gasteiger partial charge in [-0.25, -0.2) is 0 Å². The highest BCUT2D eigenvalue weighted by Gasteiger charge is 2.22. The highest BCUT2D eigenvalue weighted by Crippen LogP contribution is 2.12. The molecule has 0 aliphatic carbocycles. The van der Waals surface area contributed by atoms with E-state index in [9.17, 15) is 0 Å². The summed E-state index contributed by atoms with van der Waals surface area (Å²) in [5.74, 6) is 0.606. The van der Waals surface area contributed by atoms with Crippen LogP contribution in [0.2, 0.25) is 0 Å². The third-order valence-electron chi connectivity index (χ3n) is 3.97. The molecule has 1 aliphatic rings. The lowest BCUT2D eigenvalue weighted by atomic mass is 10.0. The molecule has 3 heteroatoms. The molecule has 0 radical (unpaired) electrons. The highest BCUT2D eigenvalue weighted by atomic mass is 15.3. The molecule has 1 saturated heterocycles. The maximum atomic E-state index is 6.09. The molecule has 1 rings (SSSR count). The van der Waals surface area contributed by atoms with E-state index in [0.29, 0.717) is 12.0 Å². The molecule has 0 aromatic carbocycles. The fraction of sp³-hybridized carbons (Fsp3) is 1.00. The zero-order chi connectivity index (χ0) is 12.1. The molecule has 1 fully saturated rings. The van der Waals surface area contributed by atoms with Crippen LogP contribution in [0.15, 0.2) is 0 Å². The van der Waals surface area contributed by atoms with Gasteiger partial charge in [-0.2, -0.15) is 0 Å². The Hall–Kier alpha value is -0.120. The summed E-state index contributed by atoms with van der Waals surface area (Å²) in [6.45, 7) is 11.5. The maximum Gasteiger partial charge on any atom is 0.0218 e. The number of hydrogen-bond acceptors (Lipinski definition) is 3. The summed E-state index contributed by atoms with van der Waals surface area (Å²) in [6.07, 6.45) is 2.39. The molecule has 16 heavy (non-hydrogen) atoms. The van der Waals surface area contributed by atoms with Gasteiger partial charge in [0.15, 0.2) is 0 Å². The van der Waals surface area contributed by atoms with Crippen molar-refractivity contribution in [1.29, 1.82) is 0 Å². The summed E-state index contributed by atoms with van der Waals surface area (Å²) < 4.78 is 0. The summed E-state index contributed by atoms with van der Waals surface area (Å²) >= 11 is 0. The van der Waals surface area contributed by atoms with E-state index in [1.165, 1.54) is 32.6 Å². The van der Waals surface area contributed by atoms with Crippen molar-refractivity contribution in [1.82, 2.24) is 9.80 Å². The van der Waals surface area contributed by atoms with Gasteiger partial charge in [-0.15, -0.1) is 0 Å². The van der Waals surface area contributed by atoms with Crippen LogP contribution in [-0.4, -0.2) is 55.1 Å². The summed E-state index contributed by atoms with van der Waals surface area (Å²) in [5.41, 5.74) is 6.09. The Bertz CT molecular complexity index is 194. The van der Waals surface area contributed by atoms with E-state index in [0.717, 1.165) is 12.5 Å². The fourth-order valence-electron chi connectivity index (χ4n) is 2.32. The molecule has 2 atom stereocenters. The second kappa shape index (κ2) is 6.58. The largest absolute Gasteiger partial charge is 0.327 e. The number of nitrogens with zero attached hydrogens (tertiary/aromatic N) is 2. The normalized spacial score (nSPS) is 26.2. The van der Waals surface area contributed by atoms with Crippen LogP contribution >= 0.6 is 0 Å². The van der Waals surface area contributed by atoms with Crippen LogP contribution in [0.1, 0.15) is 33.6 Å². The lowest BCUT2D eigenvalue weighted by Gasteiger charge is -2.39. The van der Waals surface area contributed by atoms with Gasteiger partial charge in [0.1, 0.15) is 0 Å². The minimum atomic E-state index is 0.361. The van der Waals surface area contributed by atoms with Crippen molar-refractivity contribution in [3.63, 3.8) is 0 Å². The van der Waals surface area contributed by atoms with Crippen molar-refractivity contribution >= 4 is 0 Å². The van der Waals surface area contributed by atoms with Crippen molar-refractivity contribution in [3.8, 4) is 0 Å². The van der Waals surface area contributed by atoms with Gasteiger partial charge in [0, 0.05) is 31.7 Å². The van der Waals surface area contributed by atoms with E-state index in [1.54, 1.807) is 0 Å². The molecular formula is C13H29N3. The molecule has 0 aromatic heterocycles. The second-order valence-corrected chi connectivity index (χ2v) is 5.54. The molecule has 0 saturated carbocycles. The lowest BCUT2D eigenvalue weighted by Crippen LogP contribution is -2.51. The zero-order valence-electron chi connectivity index (χ0n) is 11.4. The van der Waals surface area contributed by atoms with Crippen molar-refractivity contribution in [2.24, 2.45) is 11.7 Å². The number of piperazine rings is 1. The van der Waals surface area contributed by atoms with Gasteiger partial charge in [-0.05, 0) is 32.4 Å². The van der Waals surface area contributed by atoms with E-state index in [-0.39, 0.29) is 0 Å². The van der Waals surface area contributed by atoms with Crippen molar-refractivity contribution < 1.29 is 0 Å². The van der Waals surface area contributed by atoms with Crippen molar-refractivity contribution in [3.05, 3.63) is 0 Å². The van der Waals surface area contributed by atoms with Crippen LogP contribution < -0.4 is 5.73 Å².